The predicted octanol–water partition coefficient (Wildman–Crippen LogP) is 0.338. The topological polar surface area (TPSA) is 160 Å². The van der Waals surface area contributed by atoms with E-state index in [2.05, 4.69) is 4.72 Å². The molecule has 1 atom stereocenters. The fourth-order valence-corrected chi connectivity index (χ4v) is 4.45. The van der Waals surface area contributed by atoms with Crippen molar-refractivity contribution in [1.29, 1.82) is 0 Å². The number of hydroxylamine groups is 1. The van der Waals surface area contributed by atoms with Crippen LogP contribution in [-0.4, -0.2) is 39.8 Å². The molecule has 3 aromatic rings. The van der Waals surface area contributed by atoms with Gasteiger partial charge in [0.1, 0.15) is 5.75 Å². The molecule has 0 spiro atoms. The Morgan fingerprint density at radius 2 is 1.67 bits per heavy atom. The lowest BCUT2D eigenvalue weighted by atomic mass is 10.1. The second kappa shape index (κ2) is 10.3. The van der Waals surface area contributed by atoms with Crippen LogP contribution in [0.15, 0.2) is 81.3 Å². The first-order valence-corrected chi connectivity index (χ1v) is 11.3. The number of nitrogens with one attached hydrogen (secondary N) is 2. The molecule has 33 heavy (non-hydrogen) atoms. The van der Waals surface area contributed by atoms with E-state index in [0.717, 1.165) is 4.57 Å². The summed E-state index contributed by atoms with van der Waals surface area (Å²) in [7, 11) is -4.07. The normalized spacial score (nSPS) is 12.3. The van der Waals surface area contributed by atoms with E-state index >= 15 is 0 Å². The second-order valence-electron chi connectivity index (χ2n) is 7.14. The van der Waals surface area contributed by atoms with Gasteiger partial charge in [-0.3, -0.25) is 14.8 Å². The molecule has 0 aliphatic rings. The molecule has 0 aliphatic carbocycles. The number of aryl methyl sites for hydroxylation is 1. The maximum atomic E-state index is 12.9. The third kappa shape index (κ3) is 5.94. The minimum absolute atomic E-state index is 0.00235. The molecule has 0 saturated carbocycles. The summed E-state index contributed by atoms with van der Waals surface area (Å²) < 4.78 is 30.0. The number of nitrogens with zero attached hydrogens (tertiary/aromatic N) is 2. The molecule has 1 unspecified atom stereocenters. The number of hydrogen-bond donors (Lipinski definition) is 4. The van der Waals surface area contributed by atoms with Gasteiger partial charge in [-0.25, -0.2) is 28.0 Å². The van der Waals surface area contributed by atoms with E-state index in [9.17, 15) is 27.9 Å². The van der Waals surface area contributed by atoms with Gasteiger partial charge in [0.05, 0.1) is 10.6 Å². The summed E-state index contributed by atoms with van der Waals surface area (Å²) in [5.74, 6) is -0.937. The number of carbonyl (C=O) groups excluding carboxylic acids is 1. The number of rotatable bonds is 9. The van der Waals surface area contributed by atoms with Crippen LogP contribution in [0.2, 0.25) is 0 Å². The quantitative estimate of drug-likeness (QED) is 0.257. The first kappa shape index (κ1) is 23.9. The average Bonchev–Trinajstić information content (AvgIpc) is 2.79. The summed E-state index contributed by atoms with van der Waals surface area (Å²) in [6.07, 6.45) is 0.889. The van der Waals surface area contributed by atoms with Gasteiger partial charge >= 0.3 is 5.69 Å². The van der Waals surface area contributed by atoms with Crippen LogP contribution in [0.4, 0.5) is 0 Å². The summed E-state index contributed by atoms with van der Waals surface area (Å²) in [5.41, 5.74) is 0.690. The third-order valence-electron chi connectivity index (χ3n) is 4.81. The first-order chi connectivity index (χ1) is 15.7. The molecule has 1 aromatic heterocycles. The third-order valence-corrected chi connectivity index (χ3v) is 6.35. The van der Waals surface area contributed by atoms with Crippen molar-refractivity contribution in [3.63, 3.8) is 0 Å². The molecule has 0 saturated heterocycles. The number of aromatic hydroxyl groups is 1. The molecule has 1 amide bonds. The Morgan fingerprint density at radius 1 is 1.00 bits per heavy atom. The first-order valence-electron chi connectivity index (χ1n) is 9.83. The SMILES string of the molecule is O=C(CC(CCn1ccc(=O)n(-c2ccccc2)c1=O)NS(=O)(=O)c1ccc(O)cc1)NO. The molecule has 0 aliphatic heterocycles. The van der Waals surface area contributed by atoms with Crippen LogP contribution in [0.3, 0.4) is 0 Å². The number of sulfonamides is 1. The highest BCUT2D eigenvalue weighted by Crippen LogP contribution is 2.16. The Morgan fingerprint density at radius 3 is 2.30 bits per heavy atom. The van der Waals surface area contributed by atoms with Gasteiger partial charge in [-0.15, -0.1) is 0 Å². The van der Waals surface area contributed by atoms with Gasteiger partial charge in [-0.05, 0) is 42.8 Å². The highest BCUT2D eigenvalue weighted by molar-refractivity contribution is 7.89. The molecule has 12 heteroatoms. The van der Waals surface area contributed by atoms with Crippen LogP contribution < -0.4 is 21.5 Å². The molecule has 0 bridgehead atoms. The van der Waals surface area contributed by atoms with Crippen molar-refractivity contribution in [3.05, 3.63) is 87.7 Å². The van der Waals surface area contributed by atoms with E-state index in [1.165, 1.54) is 46.6 Å². The monoisotopic (exact) mass is 474 g/mol. The van der Waals surface area contributed by atoms with E-state index in [0.29, 0.717) is 5.69 Å². The van der Waals surface area contributed by atoms with Crippen LogP contribution in [0.1, 0.15) is 12.8 Å². The summed E-state index contributed by atoms with van der Waals surface area (Å²) >= 11 is 0. The van der Waals surface area contributed by atoms with Gasteiger partial charge < -0.3 is 9.67 Å². The fraction of sp³-hybridized carbons (Fsp3) is 0.190. The second-order valence-corrected chi connectivity index (χ2v) is 8.85. The lowest BCUT2D eigenvalue weighted by Gasteiger charge is -2.19. The van der Waals surface area contributed by atoms with Crippen molar-refractivity contribution >= 4 is 15.9 Å². The van der Waals surface area contributed by atoms with Gasteiger partial charge in [-0.1, -0.05) is 18.2 Å². The van der Waals surface area contributed by atoms with E-state index in [4.69, 9.17) is 5.21 Å². The maximum absolute atomic E-state index is 12.9. The molecule has 3 rings (SSSR count). The minimum Gasteiger partial charge on any atom is -0.508 e. The number of amides is 1. The van der Waals surface area contributed by atoms with E-state index in [1.807, 2.05) is 0 Å². The standard InChI is InChI=1S/C21H22N4O7S/c26-17-6-8-18(9-7-17)33(31,32)23-15(14-19(27)22-30)10-12-24-13-11-20(28)25(21(24)29)16-4-2-1-3-5-16/h1-9,11,13,15,23,26,30H,10,12,14H2,(H,22,27). The maximum Gasteiger partial charge on any atom is 0.335 e. The minimum atomic E-state index is -4.07. The Hall–Kier alpha value is -3.74. The molecule has 0 fully saturated rings. The lowest BCUT2D eigenvalue weighted by molar-refractivity contribution is -0.129. The number of phenolic OH excluding ortho intramolecular Hbond substituents is 1. The van der Waals surface area contributed by atoms with Crippen molar-refractivity contribution in [2.24, 2.45) is 0 Å². The number of carbonyl (C=O) groups is 1. The van der Waals surface area contributed by atoms with E-state index in [1.54, 1.807) is 30.3 Å². The van der Waals surface area contributed by atoms with Crippen molar-refractivity contribution in [3.8, 4) is 11.4 Å². The molecule has 4 N–H and O–H groups in total. The lowest BCUT2D eigenvalue weighted by Crippen LogP contribution is -2.41. The molecule has 11 nitrogen and oxygen atoms in total. The van der Waals surface area contributed by atoms with Crippen LogP contribution in [0.5, 0.6) is 5.75 Å². The van der Waals surface area contributed by atoms with Crippen LogP contribution in [-0.2, 0) is 21.4 Å². The molecular formula is C21H22N4O7S. The summed E-state index contributed by atoms with van der Waals surface area (Å²) in [5, 5.41) is 18.2. The Bertz CT molecular complexity index is 1330. The Kier molecular flexibility index (Phi) is 7.43. The van der Waals surface area contributed by atoms with Crippen LogP contribution in [0.25, 0.3) is 5.69 Å². The molecule has 0 radical (unpaired) electrons. The zero-order valence-electron chi connectivity index (χ0n) is 17.3. The highest BCUT2D eigenvalue weighted by Gasteiger charge is 2.23. The summed E-state index contributed by atoms with van der Waals surface area (Å²) in [6.45, 7) is -0.0204. The molecule has 2 aromatic carbocycles. The highest BCUT2D eigenvalue weighted by atomic mass is 32.2. The van der Waals surface area contributed by atoms with Gasteiger partial charge in [0.15, 0.2) is 0 Å². The average molecular weight is 474 g/mol. The number of para-hydroxylation sites is 1. The summed E-state index contributed by atoms with van der Waals surface area (Å²) in [4.78, 5) is 36.7. The van der Waals surface area contributed by atoms with Crippen molar-refractivity contribution in [1.82, 2.24) is 19.3 Å². The van der Waals surface area contributed by atoms with Crippen molar-refractivity contribution in [2.75, 3.05) is 0 Å². The smallest absolute Gasteiger partial charge is 0.335 e. The number of phenols is 1. The van der Waals surface area contributed by atoms with E-state index < -0.39 is 39.6 Å². The van der Waals surface area contributed by atoms with Crippen molar-refractivity contribution < 1.29 is 23.5 Å². The van der Waals surface area contributed by atoms with Crippen molar-refractivity contribution in [2.45, 2.75) is 30.3 Å². The number of aromatic nitrogens is 2. The fourth-order valence-electron chi connectivity index (χ4n) is 3.18. The van der Waals surface area contributed by atoms with E-state index in [-0.39, 0.29) is 23.6 Å². The number of benzene rings is 2. The van der Waals surface area contributed by atoms with Gasteiger partial charge in [0.25, 0.3) is 5.56 Å². The largest absolute Gasteiger partial charge is 0.508 e. The zero-order valence-corrected chi connectivity index (χ0v) is 18.1. The molecular weight excluding hydrogens is 452 g/mol. The summed E-state index contributed by atoms with van der Waals surface area (Å²) in [6, 6.07) is 13.3. The van der Waals surface area contributed by atoms with Gasteiger partial charge in [0.2, 0.25) is 15.9 Å². The molecule has 174 valence electrons. The van der Waals surface area contributed by atoms with Crippen LogP contribution in [0, 0.1) is 0 Å². The Balaban J connectivity index is 1.85. The van der Waals surface area contributed by atoms with Gasteiger partial charge in [-0.2, -0.15) is 0 Å². The zero-order chi connectivity index (χ0) is 24.0. The molecule has 1 heterocycles. The number of hydrogen-bond acceptors (Lipinski definition) is 7. The predicted molar refractivity (Wildman–Crippen MR) is 118 cm³/mol. The Labute approximate surface area is 188 Å². The van der Waals surface area contributed by atoms with Crippen LogP contribution >= 0.6 is 0 Å². The van der Waals surface area contributed by atoms with Gasteiger partial charge in [0, 0.05) is 31.3 Å².